The lowest BCUT2D eigenvalue weighted by Crippen LogP contribution is -2.57. The molecule has 8 heterocycles. The Morgan fingerprint density at radius 1 is 0.250 bits per heavy atom. The van der Waals surface area contributed by atoms with E-state index in [1.807, 2.05) is 48.5 Å². The van der Waals surface area contributed by atoms with Gasteiger partial charge in [-0.15, -0.1) is 0 Å². The third-order valence-corrected chi connectivity index (χ3v) is 26.4. The van der Waals surface area contributed by atoms with Crippen LogP contribution in [0.15, 0.2) is 309 Å². The first kappa shape index (κ1) is 63.0. The average molecular weight is 1460 g/mol. The van der Waals surface area contributed by atoms with Crippen molar-refractivity contribution < 1.29 is 0 Å². The minimum Gasteiger partial charge on any atom is -0.309 e. The zero-order chi connectivity index (χ0) is 76.4. The molecule has 526 valence electrons. The number of nitriles is 4. The smallest absolute Gasteiger partial charge is 0.244 e. The van der Waals surface area contributed by atoms with Gasteiger partial charge in [0.05, 0.1) is 90.7 Å². The van der Waals surface area contributed by atoms with Crippen molar-refractivity contribution in [3.63, 3.8) is 0 Å². The molecule has 0 N–H and O–H groups in total. The standard InChI is InChI=1S/C106H56B2N8/c1-58-43-81-103-95-65(50-91-101(103)75-16-4-8-25-89(75)113(91)67-35-27-59(54-109)28-36-67)13-10-22-83(95)107-84-49-63(46-66-51-92-102(104(96(66)84)82(44-58)106(81)107)76-17-5-9-26-90(76)114(92)68-37-29-60(55-110)30-38-68)45-64-47-79-71-18-11-20-77-97(71)85(52-93-99(77)73-14-2-6-23-87(73)115(93)69-39-31-61(56-111)32-40-69)108-86-53-94-100(78-21-12-19-72(98(78)86)80(48-64)105(79)108)74-15-3-7-24-88(74)116(94)70-41-33-62(57-112)34-42-70/h2-44,46-53H,45H2,1H3. The van der Waals surface area contributed by atoms with Crippen molar-refractivity contribution in [2.45, 2.75) is 13.3 Å². The van der Waals surface area contributed by atoms with Crippen LogP contribution in [0.1, 0.15) is 38.9 Å². The van der Waals surface area contributed by atoms with Gasteiger partial charge in [-0.25, -0.2) is 0 Å². The lowest BCUT2D eigenvalue weighted by atomic mass is 9.30. The van der Waals surface area contributed by atoms with Gasteiger partial charge in [0, 0.05) is 65.8 Å². The highest BCUT2D eigenvalue weighted by Gasteiger charge is 2.44. The van der Waals surface area contributed by atoms with Gasteiger partial charge in [0.25, 0.3) is 0 Å². The number of hydrogen-bond acceptors (Lipinski definition) is 4. The van der Waals surface area contributed by atoms with Gasteiger partial charge in [-0.05, 0) is 263 Å². The molecule has 4 aromatic heterocycles. The monoisotopic (exact) mass is 1460 g/mol. The van der Waals surface area contributed by atoms with Crippen molar-refractivity contribution in [3.05, 3.63) is 348 Å². The molecule has 0 saturated heterocycles. The van der Waals surface area contributed by atoms with Crippen LogP contribution in [0.4, 0.5) is 0 Å². The molecule has 8 nitrogen and oxygen atoms in total. The summed E-state index contributed by atoms with van der Waals surface area (Å²) >= 11 is 0. The third-order valence-electron chi connectivity index (χ3n) is 26.4. The Balaban J connectivity index is 0.764. The maximum absolute atomic E-state index is 10.2. The Kier molecular flexibility index (Phi) is 12.4. The Bertz CT molecular complexity index is 8350. The van der Waals surface area contributed by atoms with Crippen molar-refractivity contribution in [1.82, 2.24) is 18.3 Å². The normalized spacial score (nSPS) is 12.7. The summed E-state index contributed by atoms with van der Waals surface area (Å²) < 4.78 is 9.65. The minimum atomic E-state index is -0.213. The largest absolute Gasteiger partial charge is 0.309 e. The molecule has 0 amide bonds. The lowest BCUT2D eigenvalue weighted by Gasteiger charge is -2.36. The predicted octanol–water partition coefficient (Wildman–Crippen LogP) is 21.0. The van der Waals surface area contributed by atoms with Gasteiger partial charge in [0.15, 0.2) is 0 Å². The van der Waals surface area contributed by atoms with E-state index in [0.29, 0.717) is 28.7 Å². The number of aryl methyl sites for hydroxylation is 1. The molecular formula is C106H56B2N8. The van der Waals surface area contributed by atoms with Crippen molar-refractivity contribution >= 4 is 177 Å². The first-order valence-corrected chi connectivity index (χ1v) is 39.6. The highest BCUT2D eigenvalue weighted by atomic mass is 15.0. The van der Waals surface area contributed by atoms with Crippen LogP contribution >= 0.6 is 0 Å². The number of aromatic nitrogens is 4. The average Bonchev–Trinajstić information content (AvgIpc) is 1.57. The maximum Gasteiger partial charge on any atom is 0.244 e. The molecule has 0 fully saturated rings. The van der Waals surface area contributed by atoms with E-state index in [1.165, 1.54) is 180 Å². The zero-order valence-electron chi connectivity index (χ0n) is 62.4. The third kappa shape index (κ3) is 8.13. The molecular weight excluding hydrogens is 1410 g/mol. The van der Waals surface area contributed by atoms with Crippen LogP contribution in [-0.4, -0.2) is 31.7 Å². The predicted molar refractivity (Wildman–Crippen MR) is 478 cm³/mol. The highest BCUT2D eigenvalue weighted by molar-refractivity contribution is 7.02. The second kappa shape index (κ2) is 22.8. The van der Waals surface area contributed by atoms with E-state index in [4.69, 9.17) is 0 Å². The first-order valence-electron chi connectivity index (χ1n) is 39.6. The Morgan fingerprint density at radius 3 is 1.03 bits per heavy atom. The van der Waals surface area contributed by atoms with Gasteiger partial charge in [0.1, 0.15) is 0 Å². The van der Waals surface area contributed by atoms with Crippen LogP contribution in [0, 0.1) is 52.2 Å². The van der Waals surface area contributed by atoms with E-state index >= 15 is 0 Å². The van der Waals surface area contributed by atoms with Crippen LogP contribution in [0.5, 0.6) is 0 Å². The highest BCUT2D eigenvalue weighted by Crippen LogP contribution is 2.52. The van der Waals surface area contributed by atoms with Crippen LogP contribution in [-0.2, 0) is 6.42 Å². The van der Waals surface area contributed by atoms with E-state index in [-0.39, 0.29) is 13.4 Å². The van der Waals surface area contributed by atoms with Crippen molar-refractivity contribution in [2.75, 3.05) is 0 Å². The molecule has 22 aromatic rings. The minimum absolute atomic E-state index is 0.145. The van der Waals surface area contributed by atoms with E-state index in [0.717, 1.165) is 66.9 Å². The van der Waals surface area contributed by atoms with Gasteiger partial charge in [-0.3, -0.25) is 0 Å². The van der Waals surface area contributed by atoms with Crippen LogP contribution in [0.2, 0.25) is 0 Å². The summed E-state index contributed by atoms with van der Waals surface area (Å²) in [5.74, 6) is 0. The van der Waals surface area contributed by atoms with Crippen LogP contribution in [0.3, 0.4) is 0 Å². The first-order chi connectivity index (χ1) is 57.3. The molecule has 26 rings (SSSR count). The lowest BCUT2D eigenvalue weighted by molar-refractivity contribution is 1.18. The van der Waals surface area contributed by atoms with E-state index in [9.17, 15) is 21.0 Å². The number of nitrogens with zero attached hydrogens (tertiary/aromatic N) is 8. The number of hydrogen-bond donors (Lipinski definition) is 0. The Hall–Kier alpha value is -15.7. The van der Waals surface area contributed by atoms with Gasteiger partial charge < -0.3 is 18.3 Å². The van der Waals surface area contributed by atoms with Crippen LogP contribution < -0.4 is 32.8 Å². The van der Waals surface area contributed by atoms with Gasteiger partial charge in [0.2, 0.25) is 13.4 Å². The van der Waals surface area contributed by atoms with E-state index < -0.39 is 0 Å². The summed E-state index contributed by atoms with van der Waals surface area (Å²) in [6.45, 7) is 1.92. The number of para-hydroxylation sites is 4. The molecule has 0 saturated carbocycles. The fraction of sp³-hybridized carbons (Fsp3) is 0.0189. The van der Waals surface area contributed by atoms with Gasteiger partial charge in [-0.1, -0.05) is 197 Å². The van der Waals surface area contributed by atoms with E-state index in [1.54, 1.807) is 0 Å². The maximum atomic E-state index is 10.2. The summed E-state index contributed by atoms with van der Waals surface area (Å²) in [5, 5.41) is 59.8. The second-order valence-electron chi connectivity index (χ2n) is 32.2. The van der Waals surface area contributed by atoms with Gasteiger partial charge >= 0.3 is 0 Å². The summed E-state index contributed by atoms with van der Waals surface area (Å²) in [6, 6.07) is 123. The summed E-state index contributed by atoms with van der Waals surface area (Å²) in [4.78, 5) is 0. The fourth-order valence-corrected chi connectivity index (χ4v) is 22.1. The molecule has 10 heteroatoms. The van der Waals surface area contributed by atoms with Gasteiger partial charge in [-0.2, -0.15) is 21.0 Å². The molecule has 0 unspecified atom stereocenters. The molecule has 0 bridgehead atoms. The van der Waals surface area contributed by atoms with Crippen molar-refractivity contribution in [1.29, 1.82) is 21.0 Å². The zero-order valence-corrected chi connectivity index (χ0v) is 62.4. The van der Waals surface area contributed by atoms with E-state index in [2.05, 4.69) is 310 Å². The number of rotatable bonds is 6. The molecule has 0 spiro atoms. The number of benzene rings is 18. The summed E-state index contributed by atoms with van der Waals surface area (Å²) in [5.41, 5.74) is 36.6. The Morgan fingerprint density at radius 2 is 0.595 bits per heavy atom. The summed E-state index contributed by atoms with van der Waals surface area (Å²) in [6.07, 6.45) is 0.635. The molecule has 116 heavy (non-hydrogen) atoms. The fourth-order valence-electron chi connectivity index (χ4n) is 22.1. The molecule has 18 aromatic carbocycles. The topological polar surface area (TPSA) is 115 Å². The van der Waals surface area contributed by atoms with Crippen molar-refractivity contribution in [2.24, 2.45) is 0 Å². The quantitative estimate of drug-likeness (QED) is 0.154. The SMILES string of the molecule is Cc1cc2c3c(c1)-c1c4c(cc(Cc5cc6c7c(c5)-c5cccc8c5c(cc5c8c8ccccc8n5-c5ccc(C#N)cc5)B7c5cc7c(c8cccc-6c58)c5ccccc5n7-c5ccc(C#N)cc5)cc4cc4c1c1ccccc1n4-c1ccc(C#N)cc1)B3c1cccc3cc4c(c-2c13)c1ccccc1n4-c1ccc(C#N)cc1. The van der Waals surface area contributed by atoms with Crippen LogP contribution in [0.25, 0.3) is 198 Å². The molecule has 0 atom stereocenters. The molecule has 4 aliphatic heterocycles. The molecule has 0 aliphatic carbocycles. The molecule has 0 radical (unpaired) electrons. The second-order valence-corrected chi connectivity index (χ2v) is 32.2. The van der Waals surface area contributed by atoms with Crippen molar-refractivity contribution in [3.8, 4) is 91.5 Å². The summed E-state index contributed by atoms with van der Waals surface area (Å²) in [7, 11) is 0. The Labute approximate surface area is 664 Å². The number of fused-ring (bicyclic) bond motifs is 24. The molecule has 4 aliphatic rings.